The van der Waals surface area contributed by atoms with Crippen LogP contribution in [0.1, 0.15) is 32.4 Å². The predicted octanol–water partition coefficient (Wildman–Crippen LogP) is -0.110. The number of carbonyl (C=O) groups excluding carboxylic acids is 2. The number of unbranched alkanes of at least 4 members (excludes halogenated alkanes) is 1. The van der Waals surface area contributed by atoms with E-state index >= 15 is 0 Å². The van der Waals surface area contributed by atoms with E-state index in [-0.39, 0.29) is 11.9 Å². The van der Waals surface area contributed by atoms with Crippen molar-refractivity contribution in [3.63, 3.8) is 0 Å². The summed E-state index contributed by atoms with van der Waals surface area (Å²) >= 11 is 0. The van der Waals surface area contributed by atoms with Crippen molar-refractivity contribution in [2.45, 2.75) is 45.2 Å². The molecule has 8 nitrogen and oxygen atoms in total. The first kappa shape index (κ1) is 15.4. The fourth-order valence-corrected chi connectivity index (χ4v) is 2.24. The summed E-state index contributed by atoms with van der Waals surface area (Å²) in [6.45, 7) is 4.80. The molecule has 0 saturated carbocycles. The van der Waals surface area contributed by atoms with Crippen LogP contribution in [0, 0.1) is 0 Å². The Kier molecular flexibility index (Phi) is 4.56. The molecule has 0 aliphatic carbocycles. The van der Waals surface area contributed by atoms with Gasteiger partial charge in [0, 0.05) is 6.20 Å². The molecular weight excluding hydrogens is 272 g/mol. The third kappa shape index (κ3) is 3.57. The van der Waals surface area contributed by atoms with Crippen molar-refractivity contribution in [1.82, 2.24) is 25.2 Å². The summed E-state index contributed by atoms with van der Waals surface area (Å²) in [6, 6.07) is -0.353. The number of hydrogen-bond donors (Lipinski definition) is 2. The number of carbonyl (C=O) groups is 2. The van der Waals surface area contributed by atoms with Crippen LogP contribution in [0.25, 0.3) is 0 Å². The summed E-state index contributed by atoms with van der Waals surface area (Å²) < 4.78 is 1.66. The highest BCUT2D eigenvalue weighted by molar-refractivity contribution is 6.06. The van der Waals surface area contributed by atoms with E-state index in [2.05, 4.69) is 15.6 Å². The first-order valence-electron chi connectivity index (χ1n) is 7.17. The van der Waals surface area contributed by atoms with E-state index in [1.165, 1.54) is 4.90 Å². The van der Waals surface area contributed by atoms with E-state index in [1.54, 1.807) is 18.5 Å². The van der Waals surface area contributed by atoms with Crippen molar-refractivity contribution in [2.24, 2.45) is 5.73 Å². The van der Waals surface area contributed by atoms with Gasteiger partial charge in [-0.3, -0.25) is 14.4 Å². The van der Waals surface area contributed by atoms with Crippen LogP contribution in [-0.4, -0.2) is 50.5 Å². The molecule has 0 bridgehead atoms. The van der Waals surface area contributed by atoms with Crippen molar-refractivity contribution < 1.29 is 9.59 Å². The van der Waals surface area contributed by atoms with Gasteiger partial charge in [-0.1, -0.05) is 5.21 Å². The van der Waals surface area contributed by atoms with Gasteiger partial charge in [-0.05, 0) is 39.7 Å². The number of imide groups is 1. The monoisotopic (exact) mass is 294 g/mol. The van der Waals surface area contributed by atoms with Crippen LogP contribution >= 0.6 is 0 Å². The third-order valence-electron chi connectivity index (χ3n) is 3.47. The largest absolute Gasteiger partial charge is 0.330 e. The molecule has 116 valence electrons. The number of nitrogens with zero attached hydrogens (tertiary/aromatic N) is 4. The van der Waals surface area contributed by atoms with Crippen LogP contribution in [0.3, 0.4) is 0 Å². The Morgan fingerprint density at radius 3 is 2.67 bits per heavy atom. The molecule has 3 amide bonds. The fourth-order valence-electron chi connectivity index (χ4n) is 2.24. The molecule has 0 unspecified atom stereocenters. The number of aryl methyl sites for hydroxylation is 1. The predicted molar refractivity (Wildman–Crippen MR) is 76.3 cm³/mol. The van der Waals surface area contributed by atoms with Gasteiger partial charge in [0.05, 0.1) is 18.8 Å². The molecule has 8 heteroatoms. The van der Waals surface area contributed by atoms with Crippen LogP contribution < -0.4 is 11.1 Å². The fraction of sp³-hybridized carbons (Fsp3) is 0.692. The lowest BCUT2D eigenvalue weighted by molar-refractivity contribution is -0.130. The Morgan fingerprint density at radius 2 is 2.05 bits per heavy atom. The average Bonchev–Trinajstić information content (AvgIpc) is 2.93. The minimum absolute atomic E-state index is 0.212. The quantitative estimate of drug-likeness (QED) is 0.539. The van der Waals surface area contributed by atoms with E-state index in [1.807, 2.05) is 6.20 Å². The van der Waals surface area contributed by atoms with E-state index < -0.39 is 5.54 Å². The molecule has 21 heavy (non-hydrogen) atoms. The number of urea groups is 1. The van der Waals surface area contributed by atoms with E-state index in [9.17, 15) is 9.59 Å². The Bertz CT molecular complexity index is 524. The van der Waals surface area contributed by atoms with E-state index in [0.29, 0.717) is 19.6 Å². The highest BCUT2D eigenvalue weighted by Crippen LogP contribution is 2.16. The zero-order valence-electron chi connectivity index (χ0n) is 12.5. The van der Waals surface area contributed by atoms with Gasteiger partial charge in [-0.2, -0.15) is 0 Å². The van der Waals surface area contributed by atoms with Gasteiger partial charge in [-0.15, -0.1) is 5.10 Å². The van der Waals surface area contributed by atoms with Crippen LogP contribution in [0.4, 0.5) is 4.79 Å². The molecule has 1 aromatic rings. The van der Waals surface area contributed by atoms with E-state index in [0.717, 1.165) is 25.0 Å². The summed E-state index contributed by atoms with van der Waals surface area (Å²) in [6.07, 6.45) is 4.63. The van der Waals surface area contributed by atoms with Crippen LogP contribution in [-0.2, 0) is 17.8 Å². The van der Waals surface area contributed by atoms with Crippen LogP contribution in [0.2, 0.25) is 0 Å². The number of hydrogen-bond acceptors (Lipinski definition) is 5. The Labute approximate surface area is 123 Å². The smallest absolute Gasteiger partial charge is 0.325 e. The van der Waals surface area contributed by atoms with Gasteiger partial charge in [0.25, 0.3) is 5.91 Å². The Balaban J connectivity index is 1.86. The molecule has 0 radical (unpaired) electrons. The number of nitrogens with two attached hydrogens (primary N) is 1. The maximum atomic E-state index is 12.0. The van der Waals surface area contributed by atoms with Gasteiger partial charge >= 0.3 is 6.03 Å². The zero-order chi connectivity index (χ0) is 15.5. The Morgan fingerprint density at radius 1 is 1.29 bits per heavy atom. The highest BCUT2D eigenvalue weighted by atomic mass is 16.2. The van der Waals surface area contributed by atoms with Crippen molar-refractivity contribution in [2.75, 3.05) is 13.1 Å². The van der Waals surface area contributed by atoms with Crippen molar-refractivity contribution in [3.8, 4) is 0 Å². The second-order valence-corrected chi connectivity index (χ2v) is 5.73. The second-order valence-electron chi connectivity index (χ2n) is 5.73. The first-order chi connectivity index (χ1) is 9.94. The van der Waals surface area contributed by atoms with Gasteiger partial charge in [0.2, 0.25) is 0 Å². The molecule has 1 aliphatic rings. The van der Waals surface area contributed by atoms with Gasteiger partial charge in [0.15, 0.2) is 0 Å². The number of rotatable bonds is 7. The molecule has 3 N–H and O–H groups in total. The molecule has 1 aromatic heterocycles. The molecule has 1 saturated heterocycles. The summed E-state index contributed by atoms with van der Waals surface area (Å²) in [4.78, 5) is 25.0. The molecule has 0 spiro atoms. The maximum absolute atomic E-state index is 12.0. The summed E-state index contributed by atoms with van der Waals surface area (Å²) in [5.41, 5.74) is 5.52. The number of amides is 3. The molecule has 1 fully saturated rings. The molecule has 0 aromatic carbocycles. The standard InChI is InChI=1S/C13H22N6O2/c1-13(2)11(20)19(12(21)15-13)8-7-18-9-10(16-17-18)5-3-4-6-14/h9H,3-8,14H2,1-2H3,(H,15,21). The summed E-state index contributed by atoms with van der Waals surface area (Å²) in [5, 5.41) is 10.7. The van der Waals surface area contributed by atoms with E-state index in [4.69, 9.17) is 5.73 Å². The first-order valence-corrected chi connectivity index (χ1v) is 7.17. The van der Waals surface area contributed by atoms with Crippen LogP contribution in [0.15, 0.2) is 6.20 Å². The molecule has 1 aliphatic heterocycles. The highest BCUT2D eigenvalue weighted by Gasteiger charge is 2.43. The summed E-state index contributed by atoms with van der Waals surface area (Å²) in [5.74, 6) is -0.212. The lowest BCUT2D eigenvalue weighted by atomic mass is 10.1. The SMILES string of the molecule is CC1(C)NC(=O)N(CCn2cc(CCCCN)nn2)C1=O. The summed E-state index contributed by atoms with van der Waals surface area (Å²) in [7, 11) is 0. The number of nitrogens with one attached hydrogen (secondary N) is 1. The van der Waals surface area contributed by atoms with Crippen LogP contribution in [0.5, 0.6) is 0 Å². The van der Waals surface area contributed by atoms with Crippen molar-refractivity contribution in [3.05, 3.63) is 11.9 Å². The maximum Gasteiger partial charge on any atom is 0.325 e. The zero-order valence-corrected chi connectivity index (χ0v) is 12.5. The van der Waals surface area contributed by atoms with Gasteiger partial charge < -0.3 is 11.1 Å². The number of aromatic nitrogens is 3. The molecule has 0 atom stereocenters. The van der Waals surface area contributed by atoms with Crippen molar-refractivity contribution in [1.29, 1.82) is 0 Å². The molecular formula is C13H22N6O2. The molecule has 2 rings (SSSR count). The normalized spacial score (nSPS) is 17.4. The van der Waals surface area contributed by atoms with Gasteiger partial charge in [0.1, 0.15) is 5.54 Å². The minimum atomic E-state index is -0.827. The topological polar surface area (TPSA) is 106 Å². The third-order valence-corrected chi connectivity index (χ3v) is 3.47. The molecule has 2 heterocycles. The van der Waals surface area contributed by atoms with Gasteiger partial charge in [-0.25, -0.2) is 4.79 Å². The minimum Gasteiger partial charge on any atom is -0.330 e. The lowest BCUT2D eigenvalue weighted by Crippen LogP contribution is -2.40. The lowest BCUT2D eigenvalue weighted by Gasteiger charge is -2.15. The average molecular weight is 294 g/mol. The Hall–Kier alpha value is -1.96. The van der Waals surface area contributed by atoms with Crippen molar-refractivity contribution >= 4 is 11.9 Å². The second kappa shape index (κ2) is 6.21.